The van der Waals surface area contributed by atoms with Gasteiger partial charge in [0, 0.05) is 32.7 Å². The molecule has 0 aromatic rings. The van der Waals surface area contributed by atoms with Gasteiger partial charge in [0.15, 0.2) is 0 Å². The summed E-state index contributed by atoms with van der Waals surface area (Å²) >= 11 is 0. The first-order chi connectivity index (χ1) is 11.4. The third-order valence-electron chi connectivity index (χ3n) is 0.833. The molecule has 0 aromatic carbocycles. The first kappa shape index (κ1) is 39.0. The normalized spacial score (nSPS) is 7.12. The number of hydrogen-bond acceptors (Lipinski definition) is 15. The van der Waals surface area contributed by atoms with Crippen molar-refractivity contribution in [1.82, 2.24) is 0 Å². The van der Waals surface area contributed by atoms with Crippen LogP contribution >= 0.6 is 0 Å². The average molecular weight is 421 g/mol. The van der Waals surface area contributed by atoms with Gasteiger partial charge < -0.3 is 78.2 Å². The number of nitrogens with two attached hydrogens (primary N) is 5. The van der Waals surface area contributed by atoms with Gasteiger partial charge in [-0.15, -0.1) is 0 Å². The quantitative estimate of drug-likeness (QED) is 0.275. The van der Waals surface area contributed by atoms with Crippen molar-refractivity contribution in [3.8, 4) is 0 Å². The second-order valence-electron chi connectivity index (χ2n) is 2.88. The van der Waals surface area contributed by atoms with Crippen LogP contribution in [0, 0.1) is 0 Å². The van der Waals surface area contributed by atoms with E-state index in [1.54, 1.807) is 0 Å². The molecule has 0 saturated carbocycles. The Hall–Kier alpha value is -2.27. The second-order valence-corrected chi connectivity index (χ2v) is 2.88. The Labute approximate surface area is 160 Å². The first-order valence-corrected chi connectivity index (χ1v) is 5.85. The molecule has 15 nitrogen and oxygen atoms in total. The molecule has 0 fully saturated rings. The summed E-state index contributed by atoms with van der Waals surface area (Å²) in [6.45, 7) is -1.94. The Balaban J connectivity index is -0.0000000476. The maximum Gasteiger partial charge on any atom is 5.00 e. The summed E-state index contributed by atoms with van der Waals surface area (Å²) in [7, 11) is 0. The third kappa shape index (κ3) is 156. The molecule has 0 aliphatic heterocycles. The van der Waals surface area contributed by atoms with Crippen LogP contribution in [-0.4, -0.2) is 62.6 Å². The van der Waals surface area contributed by atoms with E-state index in [0.29, 0.717) is 0 Å². The van der Waals surface area contributed by atoms with E-state index in [4.69, 9.17) is 49.5 Å². The minimum Gasteiger partial charge on any atom is -0.549 e. The van der Waals surface area contributed by atoms with Crippen molar-refractivity contribution in [2.24, 2.45) is 28.7 Å². The Kier molecular flexibility index (Phi) is 51.2. The number of hydrogen-bond donors (Lipinski definition) is 5. The van der Waals surface area contributed by atoms with E-state index in [0.717, 1.165) is 0 Å². The number of rotatable bonds is 5. The van der Waals surface area contributed by atoms with Crippen LogP contribution in [0.5, 0.6) is 0 Å². The molecule has 0 rings (SSSR count). The Bertz CT molecular complexity index is 302. The smallest absolute Gasteiger partial charge is 0.549 e. The second kappa shape index (κ2) is 34.1. The summed E-state index contributed by atoms with van der Waals surface area (Å²) in [6, 6.07) is 0. The van der Waals surface area contributed by atoms with Gasteiger partial charge in [0.05, 0.1) is 29.8 Å². The van der Waals surface area contributed by atoms with E-state index in [2.05, 4.69) is 28.7 Å². The fourth-order valence-corrected chi connectivity index (χ4v) is 0. The number of carbonyl (C=O) groups is 5. The number of carboxylic acids is 5. The van der Waals surface area contributed by atoms with Gasteiger partial charge >= 0.3 is 18.6 Å². The predicted molar refractivity (Wildman–Crippen MR) is 70.3 cm³/mol. The van der Waals surface area contributed by atoms with Crippen molar-refractivity contribution >= 4 is 29.8 Å². The zero-order valence-corrected chi connectivity index (χ0v) is 14.8. The monoisotopic (exact) mass is 421 g/mol. The van der Waals surface area contributed by atoms with Crippen LogP contribution < -0.4 is 54.2 Å². The molecule has 0 aliphatic carbocycles. The molecule has 26 heavy (non-hydrogen) atoms. The van der Waals surface area contributed by atoms with Crippen LogP contribution in [0.15, 0.2) is 0 Å². The van der Waals surface area contributed by atoms with Crippen molar-refractivity contribution in [1.29, 1.82) is 0 Å². The molecule has 0 saturated heterocycles. The zero-order valence-electron chi connectivity index (χ0n) is 13.5. The van der Waals surface area contributed by atoms with Crippen LogP contribution in [0.2, 0.25) is 0 Å². The van der Waals surface area contributed by atoms with E-state index >= 15 is 0 Å². The zero-order chi connectivity index (χ0) is 21.4. The van der Waals surface area contributed by atoms with Crippen LogP contribution in [0.1, 0.15) is 0 Å². The summed E-state index contributed by atoms with van der Waals surface area (Å²) in [5.41, 5.74) is 22.5. The Morgan fingerprint density at radius 2 is 0.462 bits per heavy atom. The standard InChI is InChI=1S/5C2H5NO2.V/c5*3-1-2(4)5;/h5*1,3H2,(H,4,5);/q;;;;;+5/p-5. The summed E-state index contributed by atoms with van der Waals surface area (Å²) in [5, 5.41) is 45.7. The molecule has 0 radical (unpaired) electrons. The van der Waals surface area contributed by atoms with Gasteiger partial charge in [-0.25, -0.2) is 0 Å². The summed E-state index contributed by atoms with van der Waals surface area (Å²) < 4.78 is 0. The maximum atomic E-state index is 9.13. The van der Waals surface area contributed by atoms with Gasteiger partial charge in [-0.3, -0.25) is 0 Å². The van der Waals surface area contributed by atoms with E-state index in [1.807, 2.05) is 0 Å². The van der Waals surface area contributed by atoms with Crippen molar-refractivity contribution in [3.63, 3.8) is 0 Å². The molecule has 16 heteroatoms. The van der Waals surface area contributed by atoms with E-state index in [1.165, 1.54) is 0 Å². The molecule has 0 amide bonds. The summed E-state index contributed by atoms with van der Waals surface area (Å²) in [5.74, 6) is -6.09. The molecule has 0 atom stereocenters. The Morgan fingerprint density at radius 1 is 0.423 bits per heavy atom. The van der Waals surface area contributed by atoms with E-state index in [9.17, 15) is 0 Å². The van der Waals surface area contributed by atoms with E-state index < -0.39 is 29.8 Å². The van der Waals surface area contributed by atoms with Crippen LogP contribution in [0.25, 0.3) is 0 Å². The van der Waals surface area contributed by atoms with Gasteiger partial charge in [-0.1, -0.05) is 0 Å². The maximum absolute atomic E-state index is 9.13. The van der Waals surface area contributed by atoms with Gasteiger partial charge in [-0.2, -0.15) is 0 Å². The molecule has 0 bridgehead atoms. The summed E-state index contributed by atoms with van der Waals surface area (Å²) in [6.07, 6.45) is 0. The number of carboxylic acid groups (broad SMARTS) is 5. The van der Waals surface area contributed by atoms with E-state index in [-0.39, 0.29) is 51.3 Å². The fourth-order valence-electron chi connectivity index (χ4n) is 0. The largest absolute Gasteiger partial charge is 5.00 e. The van der Waals surface area contributed by atoms with Crippen molar-refractivity contribution in [2.75, 3.05) is 32.7 Å². The molecule has 0 spiro atoms. The minimum absolute atomic E-state index is 0. The van der Waals surface area contributed by atoms with Gasteiger partial charge in [0.25, 0.3) is 0 Å². The SMILES string of the molecule is NCC(=O)[O-].NCC(=O)[O-].NCC(=O)[O-].NCC(=O)[O-].NCC(=O)[O-].[V+5]. The first-order valence-electron chi connectivity index (χ1n) is 5.85. The molecule has 0 unspecified atom stereocenters. The van der Waals surface area contributed by atoms with Gasteiger partial charge in [-0.05, 0) is 0 Å². The number of aliphatic carboxylic acids is 5. The molecule has 0 aromatic heterocycles. The van der Waals surface area contributed by atoms with Crippen molar-refractivity contribution in [2.45, 2.75) is 0 Å². The fraction of sp³-hybridized carbons (Fsp3) is 0.500. The van der Waals surface area contributed by atoms with Gasteiger partial charge in [0.2, 0.25) is 0 Å². The van der Waals surface area contributed by atoms with Gasteiger partial charge in [0.1, 0.15) is 0 Å². The molecule has 10 N–H and O–H groups in total. The molecule has 0 heterocycles. The number of carbonyl (C=O) groups excluding carboxylic acids is 5. The molecular formula is C10H20N5O10V. The molecule has 150 valence electrons. The third-order valence-corrected chi connectivity index (χ3v) is 0.833. The van der Waals surface area contributed by atoms with Crippen molar-refractivity contribution in [3.05, 3.63) is 0 Å². The molecule has 0 aliphatic rings. The van der Waals surface area contributed by atoms with Crippen molar-refractivity contribution < 1.29 is 68.1 Å². The predicted octanol–water partition coefficient (Wildman–Crippen LogP) is -11.5. The summed E-state index contributed by atoms with van der Waals surface area (Å²) in [4.78, 5) is 45.7. The average Bonchev–Trinajstić information content (AvgIpc) is 2.56. The Morgan fingerprint density at radius 3 is 0.462 bits per heavy atom. The minimum atomic E-state index is -1.22. The molecular weight excluding hydrogens is 401 g/mol. The van der Waals surface area contributed by atoms with Crippen LogP contribution in [0.4, 0.5) is 0 Å². The van der Waals surface area contributed by atoms with Crippen LogP contribution in [-0.2, 0) is 42.5 Å². The van der Waals surface area contributed by atoms with Crippen LogP contribution in [0.3, 0.4) is 0 Å². The topological polar surface area (TPSA) is 331 Å².